The summed E-state index contributed by atoms with van der Waals surface area (Å²) < 4.78 is 10.4. The largest absolute Gasteiger partial charge is 0.497 e. The molecule has 0 saturated heterocycles. The number of rotatable bonds is 3. The van der Waals surface area contributed by atoms with Crippen molar-refractivity contribution in [3.8, 4) is 11.5 Å². The average molecular weight is 246 g/mol. The number of carbonyl (C=O) groups is 1. The highest BCUT2D eigenvalue weighted by molar-refractivity contribution is 6.07. The van der Waals surface area contributed by atoms with E-state index in [1.54, 1.807) is 39.3 Å². The molecule has 1 amide bonds. The maximum atomic E-state index is 11.5. The molecule has 0 aliphatic heterocycles. The smallest absolute Gasteiger partial charge is 0.249 e. The van der Waals surface area contributed by atoms with E-state index in [0.717, 1.165) is 0 Å². The Morgan fingerprint density at radius 1 is 1.22 bits per heavy atom. The second kappa shape index (κ2) is 4.52. The van der Waals surface area contributed by atoms with Gasteiger partial charge in [0.25, 0.3) is 0 Å². The molecule has 0 radical (unpaired) electrons. The second-order valence-corrected chi connectivity index (χ2v) is 3.90. The van der Waals surface area contributed by atoms with Crippen molar-refractivity contribution >= 4 is 16.8 Å². The fraction of sp³-hybridized carbons (Fsp3) is 0.231. The van der Waals surface area contributed by atoms with Crippen molar-refractivity contribution in [3.05, 3.63) is 29.5 Å². The topological polar surface area (TPSA) is 74.4 Å². The number of fused-ring (bicyclic) bond motifs is 1. The predicted octanol–water partition coefficient (Wildman–Crippen LogP) is 1.66. The standard InChI is InChI=1S/C13H14N2O3/c1-7-4-10(13(14)16)9-5-8(17-2)6-11(18-3)12(9)15-7/h4-6H,1-3H3,(H2,14,16). The third-order valence-corrected chi connectivity index (χ3v) is 2.70. The number of primary amides is 1. The van der Waals surface area contributed by atoms with Crippen molar-refractivity contribution in [2.75, 3.05) is 14.2 Å². The van der Waals surface area contributed by atoms with Gasteiger partial charge >= 0.3 is 0 Å². The maximum Gasteiger partial charge on any atom is 0.249 e. The lowest BCUT2D eigenvalue weighted by molar-refractivity contribution is 0.100. The first-order chi connectivity index (χ1) is 8.56. The average Bonchev–Trinajstić information content (AvgIpc) is 2.36. The minimum Gasteiger partial charge on any atom is -0.497 e. The van der Waals surface area contributed by atoms with Crippen molar-refractivity contribution in [2.24, 2.45) is 5.73 Å². The van der Waals surface area contributed by atoms with E-state index in [0.29, 0.717) is 33.7 Å². The van der Waals surface area contributed by atoms with Crippen LogP contribution in [0.1, 0.15) is 16.1 Å². The minimum atomic E-state index is -0.499. The molecule has 0 aliphatic rings. The molecular formula is C13H14N2O3. The SMILES string of the molecule is COc1cc(OC)c2nc(C)cc(C(N)=O)c2c1. The molecule has 2 rings (SSSR count). The summed E-state index contributed by atoms with van der Waals surface area (Å²) in [6.45, 7) is 1.80. The van der Waals surface area contributed by atoms with Gasteiger partial charge < -0.3 is 15.2 Å². The first-order valence-corrected chi connectivity index (χ1v) is 5.40. The zero-order valence-corrected chi connectivity index (χ0v) is 10.5. The fourth-order valence-electron chi connectivity index (χ4n) is 1.88. The summed E-state index contributed by atoms with van der Waals surface area (Å²) in [7, 11) is 3.09. The van der Waals surface area contributed by atoms with Gasteiger partial charge in [0, 0.05) is 17.1 Å². The number of nitrogens with two attached hydrogens (primary N) is 1. The zero-order chi connectivity index (χ0) is 13.3. The summed E-state index contributed by atoms with van der Waals surface area (Å²) in [5.74, 6) is 0.642. The maximum absolute atomic E-state index is 11.5. The van der Waals surface area contributed by atoms with Crippen molar-refractivity contribution in [1.82, 2.24) is 4.98 Å². The van der Waals surface area contributed by atoms with Crippen LogP contribution < -0.4 is 15.2 Å². The molecule has 0 saturated carbocycles. The van der Waals surface area contributed by atoms with Crippen LogP contribution in [0.2, 0.25) is 0 Å². The summed E-state index contributed by atoms with van der Waals surface area (Å²) in [4.78, 5) is 15.9. The lowest BCUT2D eigenvalue weighted by Crippen LogP contribution is -2.12. The number of amides is 1. The lowest BCUT2D eigenvalue weighted by atomic mass is 10.1. The number of carbonyl (C=O) groups excluding carboxylic acids is 1. The number of aryl methyl sites for hydroxylation is 1. The van der Waals surface area contributed by atoms with Crippen molar-refractivity contribution < 1.29 is 14.3 Å². The number of aromatic nitrogens is 1. The van der Waals surface area contributed by atoms with Gasteiger partial charge in [-0.15, -0.1) is 0 Å². The molecule has 1 aromatic carbocycles. The van der Waals surface area contributed by atoms with Gasteiger partial charge in [0.2, 0.25) is 5.91 Å². The molecule has 2 N–H and O–H groups in total. The molecule has 2 aromatic rings. The van der Waals surface area contributed by atoms with E-state index in [1.165, 1.54) is 0 Å². The van der Waals surface area contributed by atoms with Gasteiger partial charge in [-0.25, -0.2) is 4.98 Å². The number of nitrogens with zero attached hydrogens (tertiary/aromatic N) is 1. The van der Waals surface area contributed by atoms with Gasteiger partial charge in [-0.1, -0.05) is 0 Å². The van der Waals surface area contributed by atoms with Gasteiger partial charge in [-0.3, -0.25) is 4.79 Å². The van der Waals surface area contributed by atoms with Gasteiger partial charge in [0.15, 0.2) is 0 Å². The number of pyridine rings is 1. The number of methoxy groups -OCH3 is 2. The predicted molar refractivity (Wildman–Crippen MR) is 68.1 cm³/mol. The molecule has 0 atom stereocenters. The van der Waals surface area contributed by atoms with E-state index in [4.69, 9.17) is 15.2 Å². The summed E-state index contributed by atoms with van der Waals surface area (Å²) in [6.07, 6.45) is 0. The monoisotopic (exact) mass is 246 g/mol. The van der Waals surface area contributed by atoms with E-state index in [-0.39, 0.29) is 0 Å². The first-order valence-electron chi connectivity index (χ1n) is 5.40. The van der Waals surface area contributed by atoms with Gasteiger partial charge in [0.05, 0.1) is 19.8 Å². The van der Waals surface area contributed by atoms with Crippen molar-refractivity contribution in [2.45, 2.75) is 6.92 Å². The van der Waals surface area contributed by atoms with Crippen molar-refractivity contribution in [1.29, 1.82) is 0 Å². The molecule has 1 aromatic heterocycles. The summed E-state index contributed by atoms with van der Waals surface area (Å²) in [6, 6.07) is 5.10. The molecule has 94 valence electrons. The van der Waals surface area contributed by atoms with Crippen molar-refractivity contribution in [3.63, 3.8) is 0 Å². The molecule has 5 heteroatoms. The number of ether oxygens (including phenoxy) is 2. The second-order valence-electron chi connectivity index (χ2n) is 3.90. The highest BCUT2D eigenvalue weighted by Crippen LogP contribution is 2.32. The Morgan fingerprint density at radius 3 is 2.50 bits per heavy atom. The minimum absolute atomic E-state index is 0.412. The molecule has 0 bridgehead atoms. The van der Waals surface area contributed by atoms with Crippen LogP contribution in [0.25, 0.3) is 10.9 Å². The van der Waals surface area contributed by atoms with Crippen LogP contribution in [0.4, 0.5) is 0 Å². The van der Waals surface area contributed by atoms with Crippen LogP contribution in [0, 0.1) is 6.92 Å². The van der Waals surface area contributed by atoms with Crippen LogP contribution in [-0.4, -0.2) is 25.1 Å². The van der Waals surface area contributed by atoms with Crippen LogP contribution >= 0.6 is 0 Å². The Bertz CT molecular complexity index is 623. The molecule has 0 unspecified atom stereocenters. The molecule has 5 nitrogen and oxygen atoms in total. The summed E-state index contributed by atoms with van der Waals surface area (Å²) in [5.41, 5.74) is 7.11. The lowest BCUT2D eigenvalue weighted by Gasteiger charge is -2.11. The summed E-state index contributed by atoms with van der Waals surface area (Å²) >= 11 is 0. The Kier molecular flexibility index (Phi) is 3.06. The molecule has 0 aliphatic carbocycles. The molecule has 18 heavy (non-hydrogen) atoms. The number of hydrogen-bond acceptors (Lipinski definition) is 4. The third-order valence-electron chi connectivity index (χ3n) is 2.70. The Labute approximate surface area is 105 Å². The van der Waals surface area contributed by atoms with E-state index in [1.807, 2.05) is 0 Å². The highest BCUT2D eigenvalue weighted by Gasteiger charge is 2.14. The van der Waals surface area contributed by atoms with E-state index in [9.17, 15) is 4.79 Å². The molecule has 1 heterocycles. The van der Waals surface area contributed by atoms with Crippen LogP contribution in [0.3, 0.4) is 0 Å². The molecule has 0 spiro atoms. The number of hydrogen-bond donors (Lipinski definition) is 1. The fourth-order valence-corrected chi connectivity index (χ4v) is 1.88. The first kappa shape index (κ1) is 12.2. The normalized spacial score (nSPS) is 10.4. The third kappa shape index (κ3) is 1.95. The van der Waals surface area contributed by atoms with E-state index in [2.05, 4.69) is 4.98 Å². The van der Waals surface area contributed by atoms with Crippen LogP contribution in [0.15, 0.2) is 18.2 Å². The molecular weight excluding hydrogens is 232 g/mol. The van der Waals surface area contributed by atoms with Crippen LogP contribution in [0.5, 0.6) is 11.5 Å². The van der Waals surface area contributed by atoms with Gasteiger partial charge in [-0.05, 0) is 19.1 Å². The Morgan fingerprint density at radius 2 is 1.94 bits per heavy atom. The van der Waals surface area contributed by atoms with E-state index >= 15 is 0 Å². The van der Waals surface area contributed by atoms with Gasteiger partial charge in [0.1, 0.15) is 17.0 Å². The zero-order valence-electron chi connectivity index (χ0n) is 10.5. The quantitative estimate of drug-likeness (QED) is 0.893. The molecule has 0 fully saturated rings. The Hall–Kier alpha value is -2.30. The van der Waals surface area contributed by atoms with E-state index < -0.39 is 5.91 Å². The van der Waals surface area contributed by atoms with Crippen LogP contribution in [-0.2, 0) is 0 Å². The summed E-state index contributed by atoms with van der Waals surface area (Å²) in [5, 5.41) is 0.629. The number of benzene rings is 1. The van der Waals surface area contributed by atoms with Gasteiger partial charge in [-0.2, -0.15) is 0 Å². The highest BCUT2D eigenvalue weighted by atomic mass is 16.5. The Balaban J connectivity index is 2.89.